The number of amides is 1. The van der Waals surface area contributed by atoms with E-state index in [2.05, 4.69) is 0 Å². The maximum atomic E-state index is 11.2. The van der Waals surface area contributed by atoms with Gasteiger partial charge in [-0.2, -0.15) is 0 Å². The van der Waals surface area contributed by atoms with Crippen molar-refractivity contribution in [3.8, 4) is 0 Å². The van der Waals surface area contributed by atoms with E-state index in [1.165, 1.54) is 17.1 Å². The fourth-order valence-electron chi connectivity index (χ4n) is 1.46. The first-order valence-electron chi connectivity index (χ1n) is 4.96. The third-order valence-electron chi connectivity index (χ3n) is 2.29. The van der Waals surface area contributed by atoms with Crippen LogP contribution in [0.4, 0.5) is 0 Å². The molecule has 0 aromatic carbocycles. The van der Waals surface area contributed by atoms with Crippen LogP contribution in [0.2, 0.25) is 0 Å². The van der Waals surface area contributed by atoms with E-state index < -0.39 is 6.23 Å². The van der Waals surface area contributed by atoms with Crippen molar-refractivity contribution in [1.29, 1.82) is 0 Å². The van der Waals surface area contributed by atoms with E-state index in [-0.39, 0.29) is 11.1 Å². The van der Waals surface area contributed by atoms with Crippen LogP contribution in [-0.2, 0) is 9.59 Å². The Morgan fingerprint density at radius 3 is 2.73 bits per heavy atom. The van der Waals surface area contributed by atoms with Crippen LogP contribution < -0.4 is 0 Å². The third-order valence-corrected chi connectivity index (χ3v) is 2.47. The molecule has 15 heavy (non-hydrogen) atoms. The lowest BCUT2D eigenvalue weighted by Crippen LogP contribution is -2.34. The monoisotopic (exact) mass is 231 g/mol. The molecule has 0 aromatic rings. The van der Waals surface area contributed by atoms with Crippen molar-refractivity contribution in [3.05, 3.63) is 12.2 Å². The average molecular weight is 232 g/mol. The summed E-state index contributed by atoms with van der Waals surface area (Å²) in [5, 5.41) is 9.02. The fraction of sp³-hybridized carbons (Fsp3) is 0.600. The predicted octanol–water partition coefficient (Wildman–Crippen LogP) is 1.03. The van der Waals surface area contributed by atoms with Crippen LogP contribution in [-0.4, -0.2) is 33.9 Å². The van der Waals surface area contributed by atoms with Gasteiger partial charge in [-0.05, 0) is 30.5 Å². The molecule has 1 aliphatic heterocycles. The molecule has 1 N–H and O–H groups in total. The first-order valence-corrected chi connectivity index (χ1v) is 5.34. The summed E-state index contributed by atoms with van der Waals surface area (Å²) in [5.74, 6) is -0.157. The van der Waals surface area contributed by atoms with Crippen LogP contribution in [0.15, 0.2) is 12.2 Å². The second-order valence-electron chi connectivity index (χ2n) is 3.47. The Labute approximate surface area is 93.5 Å². The normalized spacial score (nSPS) is 20.0. The Morgan fingerprint density at radius 2 is 2.20 bits per heavy atom. The van der Waals surface area contributed by atoms with Gasteiger partial charge in [-0.15, -0.1) is 0 Å². The van der Waals surface area contributed by atoms with E-state index in [0.29, 0.717) is 13.0 Å². The van der Waals surface area contributed by atoms with Gasteiger partial charge in [-0.3, -0.25) is 9.59 Å². The second kappa shape index (κ2) is 5.88. The molecule has 0 spiro atoms. The Bertz CT molecular complexity index is 278. The van der Waals surface area contributed by atoms with Gasteiger partial charge in [0.05, 0.1) is 0 Å². The Kier molecular flexibility index (Phi) is 4.78. The highest BCUT2D eigenvalue weighted by molar-refractivity contribution is 6.63. The lowest BCUT2D eigenvalue weighted by Gasteiger charge is -2.19. The van der Waals surface area contributed by atoms with Gasteiger partial charge in [-0.25, -0.2) is 0 Å². The molecular weight excluding hydrogens is 218 g/mol. The van der Waals surface area contributed by atoms with Gasteiger partial charge in [0.15, 0.2) is 0 Å². The number of rotatable bonds is 6. The van der Waals surface area contributed by atoms with E-state index in [1.807, 2.05) is 0 Å². The number of aliphatic hydroxyl groups excluding tert-OH is 1. The lowest BCUT2D eigenvalue weighted by atomic mass is 10.2. The van der Waals surface area contributed by atoms with Gasteiger partial charge in [-0.1, -0.05) is 6.42 Å². The van der Waals surface area contributed by atoms with Crippen molar-refractivity contribution in [3.63, 3.8) is 0 Å². The van der Waals surface area contributed by atoms with E-state index in [9.17, 15) is 14.7 Å². The van der Waals surface area contributed by atoms with Crippen molar-refractivity contribution < 1.29 is 14.7 Å². The molecule has 5 heteroatoms. The van der Waals surface area contributed by atoms with E-state index in [1.54, 1.807) is 0 Å². The zero-order valence-corrected chi connectivity index (χ0v) is 9.11. The molecule has 4 nitrogen and oxygen atoms in total. The van der Waals surface area contributed by atoms with Gasteiger partial charge < -0.3 is 10.0 Å². The molecule has 0 aromatic heterocycles. The zero-order chi connectivity index (χ0) is 11.3. The Balaban J connectivity index is 2.10. The fourth-order valence-corrected chi connectivity index (χ4v) is 1.60. The molecule has 0 saturated heterocycles. The summed E-state index contributed by atoms with van der Waals surface area (Å²) in [6, 6.07) is 0. The molecule has 0 radical (unpaired) electrons. The molecule has 0 fully saturated rings. The summed E-state index contributed by atoms with van der Waals surface area (Å²) >= 11 is 5.18. The summed E-state index contributed by atoms with van der Waals surface area (Å²) in [6.07, 6.45) is 4.75. The maximum absolute atomic E-state index is 11.2. The van der Waals surface area contributed by atoms with Gasteiger partial charge >= 0.3 is 0 Å². The molecule has 0 saturated carbocycles. The molecule has 1 heterocycles. The van der Waals surface area contributed by atoms with Gasteiger partial charge in [0, 0.05) is 19.0 Å². The second-order valence-corrected chi connectivity index (χ2v) is 3.89. The molecule has 1 amide bonds. The van der Waals surface area contributed by atoms with Gasteiger partial charge in [0.2, 0.25) is 11.1 Å². The minimum atomic E-state index is -0.785. The number of carbonyl (C=O) groups excluding carboxylic acids is 2. The predicted molar refractivity (Wildman–Crippen MR) is 56.2 cm³/mol. The molecule has 1 aliphatic rings. The minimum Gasteiger partial charge on any atom is -0.370 e. The summed E-state index contributed by atoms with van der Waals surface area (Å²) < 4.78 is 0. The van der Waals surface area contributed by atoms with Crippen LogP contribution in [0, 0.1) is 0 Å². The first kappa shape index (κ1) is 12.2. The SMILES string of the molecule is O=C(Cl)CCCCCN1C(=O)C=CC1O. The Morgan fingerprint density at radius 1 is 1.47 bits per heavy atom. The largest absolute Gasteiger partial charge is 0.370 e. The third kappa shape index (κ3) is 4.01. The van der Waals surface area contributed by atoms with Crippen LogP contribution in [0.1, 0.15) is 25.7 Å². The number of aliphatic hydroxyl groups is 1. The summed E-state index contributed by atoms with van der Waals surface area (Å²) in [7, 11) is 0. The number of nitrogens with zero attached hydrogens (tertiary/aromatic N) is 1. The number of hydrogen-bond acceptors (Lipinski definition) is 3. The van der Waals surface area contributed by atoms with E-state index in [0.717, 1.165) is 19.3 Å². The van der Waals surface area contributed by atoms with Crippen LogP contribution in [0.3, 0.4) is 0 Å². The molecule has 0 aliphatic carbocycles. The smallest absolute Gasteiger partial charge is 0.248 e. The van der Waals surface area contributed by atoms with Crippen LogP contribution in [0.5, 0.6) is 0 Å². The van der Waals surface area contributed by atoms with Crippen LogP contribution in [0.25, 0.3) is 0 Å². The minimum absolute atomic E-state index is 0.157. The Hall–Kier alpha value is -0.870. The number of unbranched alkanes of at least 4 members (excludes halogenated alkanes) is 2. The summed E-state index contributed by atoms with van der Waals surface area (Å²) in [5.41, 5.74) is 0. The zero-order valence-electron chi connectivity index (χ0n) is 8.36. The molecule has 84 valence electrons. The van der Waals surface area contributed by atoms with Crippen molar-refractivity contribution in [2.45, 2.75) is 31.9 Å². The molecular formula is C10H14ClNO3. The average Bonchev–Trinajstić information content (AvgIpc) is 2.47. The first-order chi connectivity index (χ1) is 7.11. The number of hydrogen-bond donors (Lipinski definition) is 1. The van der Waals surface area contributed by atoms with Gasteiger partial charge in [0.25, 0.3) is 0 Å². The highest BCUT2D eigenvalue weighted by atomic mass is 35.5. The number of carbonyl (C=O) groups is 2. The quantitative estimate of drug-likeness (QED) is 0.549. The molecule has 0 bridgehead atoms. The van der Waals surface area contributed by atoms with Crippen molar-refractivity contribution >= 4 is 22.8 Å². The highest BCUT2D eigenvalue weighted by Crippen LogP contribution is 2.11. The van der Waals surface area contributed by atoms with E-state index in [4.69, 9.17) is 11.6 Å². The van der Waals surface area contributed by atoms with Crippen molar-refractivity contribution in [2.24, 2.45) is 0 Å². The van der Waals surface area contributed by atoms with Crippen LogP contribution >= 0.6 is 11.6 Å². The standard InChI is InChI=1S/C10H14ClNO3/c11-8(13)4-2-1-3-7-12-9(14)5-6-10(12)15/h5-6,9,14H,1-4,7H2. The topological polar surface area (TPSA) is 57.6 Å². The molecule has 1 atom stereocenters. The van der Waals surface area contributed by atoms with Crippen molar-refractivity contribution in [2.75, 3.05) is 6.54 Å². The van der Waals surface area contributed by atoms with Gasteiger partial charge in [0.1, 0.15) is 6.23 Å². The molecule has 1 rings (SSSR count). The maximum Gasteiger partial charge on any atom is 0.248 e. The summed E-state index contributed by atoms with van der Waals surface area (Å²) in [4.78, 5) is 23.0. The molecule has 1 unspecified atom stereocenters. The number of halogens is 1. The summed E-state index contributed by atoms with van der Waals surface area (Å²) in [6.45, 7) is 0.517. The highest BCUT2D eigenvalue weighted by Gasteiger charge is 2.22. The van der Waals surface area contributed by atoms with E-state index >= 15 is 0 Å². The van der Waals surface area contributed by atoms with Crippen molar-refractivity contribution in [1.82, 2.24) is 4.90 Å². The lowest BCUT2D eigenvalue weighted by molar-refractivity contribution is -0.130.